The van der Waals surface area contributed by atoms with Crippen molar-refractivity contribution in [2.24, 2.45) is 0 Å². The number of ketones is 1. The Morgan fingerprint density at radius 3 is 2.71 bits per heavy atom. The van der Waals surface area contributed by atoms with Crippen molar-refractivity contribution in [1.82, 2.24) is 9.88 Å². The number of rotatable bonds is 6. The van der Waals surface area contributed by atoms with E-state index in [1.807, 2.05) is 0 Å². The fourth-order valence-electron chi connectivity index (χ4n) is 1.36. The molecule has 0 radical (unpaired) electrons. The average molecular weight is 260 g/mol. The number of nitrogens with zero attached hydrogens (tertiary/aromatic N) is 1. The Morgan fingerprint density at radius 2 is 2.24 bits per heavy atom. The first-order valence-electron chi connectivity index (χ1n) is 5.29. The molecule has 0 aliphatic heterocycles. The number of hydrogen-bond acceptors (Lipinski definition) is 5. The lowest BCUT2D eigenvalue weighted by molar-refractivity contribution is -0.119. The van der Waals surface area contributed by atoms with Gasteiger partial charge in [0.05, 0.1) is 6.04 Å². The Kier molecular flexibility index (Phi) is 4.41. The molecule has 1 atom stereocenters. The van der Waals surface area contributed by atoms with Gasteiger partial charge in [0.15, 0.2) is 0 Å². The van der Waals surface area contributed by atoms with Crippen molar-refractivity contribution < 1.29 is 17.7 Å². The van der Waals surface area contributed by atoms with Crippen LogP contribution in [0.2, 0.25) is 0 Å². The van der Waals surface area contributed by atoms with Crippen LogP contribution in [0.1, 0.15) is 31.7 Å². The van der Waals surface area contributed by atoms with Crippen molar-refractivity contribution in [3.8, 4) is 0 Å². The SMILES string of the molecule is CCC(=O)C(C)NS(=O)(=O)Cc1cc(C)on1. The zero-order valence-corrected chi connectivity index (χ0v) is 10.9. The highest BCUT2D eigenvalue weighted by atomic mass is 32.2. The molecular weight excluding hydrogens is 244 g/mol. The second kappa shape index (κ2) is 5.42. The minimum absolute atomic E-state index is 0.148. The summed E-state index contributed by atoms with van der Waals surface area (Å²) in [6, 6.07) is 0.837. The molecular formula is C10H16N2O4S. The van der Waals surface area contributed by atoms with Gasteiger partial charge in [0.25, 0.3) is 0 Å². The van der Waals surface area contributed by atoms with E-state index in [0.29, 0.717) is 17.9 Å². The molecule has 6 nitrogen and oxygen atoms in total. The van der Waals surface area contributed by atoms with Gasteiger partial charge in [-0.15, -0.1) is 0 Å². The zero-order valence-electron chi connectivity index (χ0n) is 10.1. The summed E-state index contributed by atoms with van der Waals surface area (Å²) < 4.78 is 30.5. The Bertz CT molecular complexity index is 492. The third kappa shape index (κ3) is 4.27. The van der Waals surface area contributed by atoms with E-state index < -0.39 is 16.1 Å². The molecule has 0 aliphatic carbocycles. The quantitative estimate of drug-likeness (QED) is 0.816. The van der Waals surface area contributed by atoms with Crippen LogP contribution < -0.4 is 4.72 Å². The minimum atomic E-state index is -3.57. The molecule has 1 aromatic heterocycles. The van der Waals surface area contributed by atoms with Crippen molar-refractivity contribution in [3.63, 3.8) is 0 Å². The molecule has 96 valence electrons. The van der Waals surface area contributed by atoms with E-state index >= 15 is 0 Å². The van der Waals surface area contributed by atoms with Gasteiger partial charge in [0.2, 0.25) is 10.0 Å². The van der Waals surface area contributed by atoms with Gasteiger partial charge in [-0.1, -0.05) is 12.1 Å². The highest BCUT2D eigenvalue weighted by Crippen LogP contribution is 2.06. The van der Waals surface area contributed by atoms with Crippen LogP contribution in [0.5, 0.6) is 0 Å². The molecule has 0 aromatic carbocycles. The second-order valence-corrected chi connectivity index (χ2v) is 5.60. The minimum Gasteiger partial charge on any atom is -0.361 e. The van der Waals surface area contributed by atoms with Gasteiger partial charge in [-0.3, -0.25) is 4.79 Å². The standard InChI is InChI=1S/C10H16N2O4S/c1-4-10(13)8(3)12-17(14,15)6-9-5-7(2)16-11-9/h5,8,12H,4,6H2,1-3H3. The molecule has 0 aliphatic rings. The Morgan fingerprint density at radius 1 is 1.59 bits per heavy atom. The molecule has 0 spiro atoms. The van der Waals surface area contributed by atoms with Crippen molar-refractivity contribution in [2.75, 3.05) is 0 Å². The molecule has 1 unspecified atom stereocenters. The van der Waals surface area contributed by atoms with Crippen LogP contribution >= 0.6 is 0 Å². The van der Waals surface area contributed by atoms with Crippen molar-refractivity contribution in [3.05, 3.63) is 17.5 Å². The summed E-state index contributed by atoms with van der Waals surface area (Å²) in [6.45, 7) is 4.89. The fourth-order valence-corrected chi connectivity index (χ4v) is 2.64. The lowest BCUT2D eigenvalue weighted by Crippen LogP contribution is -2.38. The Balaban J connectivity index is 2.66. The predicted molar refractivity (Wildman–Crippen MR) is 61.8 cm³/mol. The van der Waals surface area contributed by atoms with E-state index in [4.69, 9.17) is 4.52 Å². The van der Waals surface area contributed by atoms with Gasteiger partial charge >= 0.3 is 0 Å². The number of carbonyl (C=O) groups is 1. The second-order valence-electron chi connectivity index (χ2n) is 3.85. The van der Waals surface area contributed by atoms with Crippen LogP contribution in [0.3, 0.4) is 0 Å². The monoisotopic (exact) mass is 260 g/mol. The van der Waals surface area contributed by atoms with E-state index in [-0.39, 0.29) is 11.5 Å². The third-order valence-corrected chi connectivity index (χ3v) is 3.59. The number of nitrogens with one attached hydrogen (secondary N) is 1. The molecule has 1 aromatic rings. The summed E-state index contributed by atoms with van der Waals surface area (Å²) >= 11 is 0. The Hall–Kier alpha value is -1.21. The number of Topliss-reactive ketones (excluding diaryl/α,β-unsaturated/α-hetero) is 1. The largest absolute Gasteiger partial charge is 0.361 e. The van der Waals surface area contributed by atoms with Gasteiger partial charge < -0.3 is 4.52 Å². The maximum atomic E-state index is 11.7. The predicted octanol–water partition coefficient (Wildman–Crippen LogP) is 0.770. The van der Waals surface area contributed by atoms with Gasteiger partial charge in [0, 0.05) is 12.5 Å². The van der Waals surface area contributed by atoms with Crippen LogP contribution in [-0.2, 0) is 20.6 Å². The van der Waals surface area contributed by atoms with Gasteiger partial charge in [0.1, 0.15) is 23.0 Å². The van der Waals surface area contributed by atoms with Crippen LogP contribution in [0.15, 0.2) is 10.6 Å². The molecule has 0 bridgehead atoms. The maximum absolute atomic E-state index is 11.7. The van der Waals surface area contributed by atoms with Gasteiger partial charge in [-0.25, -0.2) is 13.1 Å². The number of sulfonamides is 1. The zero-order chi connectivity index (χ0) is 13.1. The first-order chi connectivity index (χ1) is 7.84. The molecule has 0 saturated carbocycles. The third-order valence-electron chi connectivity index (χ3n) is 2.20. The van der Waals surface area contributed by atoms with E-state index in [0.717, 1.165) is 0 Å². The summed E-state index contributed by atoms with van der Waals surface area (Å²) in [5.41, 5.74) is 0.325. The first kappa shape index (κ1) is 13.9. The average Bonchev–Trinajstić information content (AvgIpc) is 2.60. The summed E-state index contributed by atoms with van der Waals surface area (Å²) in [4.78, 5) is 11.3. The maximum Gasteiger partial charge on any atom is 0.218 e. The van der Waals surface area contributed by atoms with E-state index in [2.05, 4.69) is 9.88 Å². The number of carbonyl (C=O) groups excluding carboxylic acids is 1. The molecule has 0 amide bonds. The fraction of sp³-hybridized carbons (Fsp3) is 0.600. The lowest BCUT2D eigenvalue weighted by atomic mass is 10.2. The smallest absolute Gasteiger partial charge is 0.218 e. The van der Waals surface area contributed by atoms with Crippen molar-refractivity contribution in [1.29, 1.82) is 0 Å². The Labute approximate surface area is 100 Å². The van der Waals surface area contributed by atoms with Crippen molar-refractivity contribution >= 4 is 15.8 Å². The molecule has 0 saturated heterocycles. The highest BCUT2D eigenvalue weighted by molar-refractivity contribution is 7.88. The lowest BCUT2D eigenvalue weighted by Gasteiger charge is -2.11. The van der Waals surface area contributed by atoms with Gasteiger partial charge in [-0.2, -0.15) is 0 Å². The highest BCUT2D eigenvalue weighted by Gasteiger charge is 2.20. The molecule has 1 rings (SSSR count). The summed E-state index contributed by atoms with van der Waals surface area (Å²) in [5.74, 6) is 0.115. The van der Waals surface area contributed by atoms with E-state index in [1.165, 1.54) is 6.92 Å². The van der Waals surface area contributed by atoms with Crippen LogP contribution in [0.4, 0.5) is 0 Å². The molecule has 1 N–H and O–H groups in total. The van der Waals surface area contributed by atoms with E-state index in [9.17, 15) is 13.2 Å². The summed E-state index contributed by atoms with van der Waals surface area (Å²) in [5, 5.41) is 3.59. The molecule has 1 heterocycles. The van der Waals surface area contributed by atoms with Gasteiger partial charge in [-0.05, 0) is 13.8 Å². The van der Waals surface area contributed by atoms with Crippen LogP contribution in [0, 0.1) is 6.92 Å². The number of aryl methyl sites for hydroxylation is 1. The topological polar surface area (TPSA) is 89.3 Å². The summed E-state index contributed by atoms with van der Waals surface area (Å²) in [6.07, 6.45) is 0.298. The normalized spacial score (nSPS) is 13.6. The van der Waals surface area contributed by atoms with Crippen LogP contribution in [0.25, 0.3) is 0 Å². The summed E-state index contributed by atoms with van der Waals surface area (Å²) in [7, 11) is -3.57. The number of aromatic nitrogens is 1. The van der Waals surface area contributed by atoms with Crippen LogP contribution in [-0.4, -0.2) is 25.4 Å². The molecule has 7 heteroatoms. The van der Waals surface area contributed by atoms with E-state index in [1.54, 1.807) is 19.9 Å². The molecule has 0 fully saturated rings. The first-order valence-corrected chi connectivity index (χ1v) is 6.94. The van der Waals surface area contributed by atoms with Crippen molar-refractivity contribution in [2.45, 2.75) is 39.0 Å². The number of hydrogen-bond donors (Lipinski definition) is 1. The molecule has 17 heavy (non-hydrogen) atoms.